The predicted octanol–water partition coefficient (Wildman–Crippen LogP) is 3.45. The summed E-state index contributed by atoms with van der Waals surface area (Å²) < 4.78 is 11.1. The molecule has 1 aromatic carbocycles. The fourth-order valence-corrected chi connectivity index (χ4v) is 6.51. The SMILES string of the molecule is CCCCN(CCCC)C(=O)CN1C[C@H](c2cc(CO)c3c(c2)OCO3)[C@@H](C(=O)O)[C@@H]1CCN1CCC(C)(C)C1=O. The van der Waals surface area contributed by atoms with Crippen molar-refractivity contribution in [3.05, 3.63) is 23.3 Å². The second kappa shape index (κ2) is 13.4. The normalized spacial score (nSPS) is 23.4. The molecule has 1 aromatic rings. The second-order valence-corrected chi connectivity index (χ2v) is 12.3. The molecule has 4 rings (SSSR count). The van der Waals surface area contributed by atoms with E-state index in [1.54, 1.807) is 6.07 Å². The van der Waals surface area contributed by atoms with Crippen LogP contribution in [-0.4, -0.2) is 94.8 Å². The van der Waals surface area contributed by atoms with Crippen molar-refractivity contribution in [2.75, 3.05) is 46.1 Å². The van der Waals surface area contributed by atoms with Crippen molar-refractivity contribution in [2.24, 2.45) is 11.3 Å². The summed E-state index contributed by atoms with van der Waals surface area (Å²) >= 11 is 0. The Kier molecular flexibility index (Phi) is 10.2. The number of carbonyl (C=O) groups is 3. The van der Waals surface area contributed by atoms with E-state index in [1.165, 1.54) is 0 Å². The van der Waals surface area contributed by atoms with Gasteiger partial charge in [0.25, 0.3) is 0 Å². The number of unbranched alkanes of at least 4 members (excludes halogenated alkanes) is 2. The third kappa shape index (κ3) is 6.80. The second-order valence-electron chi connectivity index (χ2n) is 12.3. The van der Waals surface area contributed by atoms with E-state index >= 15 is 0 Å². The van der Waals surface area contributed by atoms with Crippen LogP contribution in [0.15, 0.2) is 12.1 Å². The Morgan fingerprint density at radius 3 is 2.41 bits per heavy atom. The highest BCUT2D eigenvalue weighted by molar-refractivity contribution is 5.84. The van der Waals surface area contributed by atoms with Crippen LogP contribution >= 0.6 is 0 Å². The van der Waals surface area contributed by atoms with Gasteiger partial charge in [-0.1, -0.05) is 40.5 Å². The van der Waals surface area contributed by atoms with Gasteiger partial charge >= 0.3 is 5.97 Å². The van der Waals surface area contributed by atoms with Gasteiger partial charge in [-0.15, -0.1) is 0 Å². The maximum atomic E-state index is 13.6. The molecular formula is C31H47N3O7. The fraction of sp³-hybridized carbons (Fsp3) is 0.710. The van der Waals surface area contributed by atoms with E-state index in [4.69, 9.17) is 9.47 Å². The molecule has 0 unspecified atom stereocenters. The number of fused-ring (bicyclic) bond motifs is 1. The lowest BCUT2D eigenvalue weighted by atomic mass is 9.83. The number of carboxylic acids is 1. The summed E-state index contributed by atoms with van der Waals surface area (Å²) in [5, 5.41) is 20.5. The molecule has 3 aliphatic rings. The van der Waals surface area contributed by atoms with E-state index in [-0.39, 0.29) is 31.8 Å². The van der Waals surface area contributed by atoms with Crippen LogP contribution in [0.5, 0.6) is 11.5 Å². The van der Waals surface area contributed by atoms with Crippen LogP contribution in [0.2, 0.25) is 0 Å². The van der Waals surface area contributed by atoms with E-state index in [0.29, 0.717) is 56.2 Å². The number of carboxylic acid groups (broad SMARTS) is 1. The Bertz CT molecular complexity index is 1100. The zero-order chi connectivity index (χ0) is 29.7. The molecule has 10 heteroatoms. The molecule has 2 amide bonds. The van der Waals surface area contributed by atoms with Gasteiger partial charge in [-0.3, -0.25) is 19.3 Å². The molecule has 0 aromatic heterocycles. The Morgan fingerprint density at radius 1 is 1.12 bits per heavy atom. The minimum absolute atomic E-state index is 0.0156. The molecule has 0 aliphatic carbocycles. The van der Waals surface area contributed by atoms with Crippen molar-refractivity contribution in [2.45, 2.75) is 84.8 Å². The number of amides is 2. The number of carbonyl (C=O) groups excluding carboxylic acids is 2. The number of aliphatic hydroxyl groups is 1. The zero-order valence-corrected chi connectivity index (χ0v) is 25.1. The number of nitrogens with zero attached hydrogens (tertiary/aromatic N) is 3. The molecule has 0 radical (unpaired) electrons. The summed E-state index contributed by atoms with van der Waals surface area (Å²) in [5.74, 6) is -1.05. The lowest BCUT2D eigenvalue weighted by Gasteiger charge is -2.31. The van der Waals surface area contributed by atoms with Crippen LogP contribution in [0.25, 0.3) is 0 Å². The first-order valence-corrected chi connectivity index (χ1v) is 15.2. The smallest absolute Gasteiger partial charge is 0.308 e. The molecule has 228 valence electrons. The van der Waals surface area contributed by atoms with Gasteiger partial charge in [-0.25, -0.2) is 0 Å². The summed E-state index contributed by atoms with van der Waals surface area (Å²) in [5.41, 5.74) is 0.894. The van der Waals surface area contributed by atoms with E-state index in [9.17, 15) is 24.6 Å². The number of hydrogen-bond acceptors (Lipinski definition) is 7. The number of hydrogen-bond donors (Lipinski definition) is 2. The monoisotopic (exact) mass is 573 g/mol. The number of aliphatic carboxylic acids is 1. The lowest BCUT2D eigenvalue weighted by Crippen LogP contribution is -2.46. The third-order valence-corrected chi connectivity index (χ3v) is 9.03. The van der Waals surface area contributed by atoms with Gasteiger partial charge in [0, 0.05) is 55.7 Å². The Balaban J connectivity index is 1.63. The molecular weight excluding hydrogens is 526 g/mol. The molecule has 0 spiro atoms. The molecule has 0 saturated carbocycles. The van der Waals surface area contributed by atoms with E-state index in [2.05, 4.69) is 13.8 Å². The van der Waals surface area contributed by atoms with Gasteiger partial charge in [0.1, 0.15) is 0 Å². The van der Waals surface area contributed by atoms with Crippen LogP contribution in [0.1, 0.15) is 83.3 Å². The van der Waals surface area contributed by atoms with Crippen LogP contribution in [-0.2, 0) is 21.0 Å². The highest BCUT2D eigenvalue weighted by Gasteiger charge is 2.48. The number of benzene rings is 1. The lowest BCUT2D eigenvalue weighted by molar-refractivity contribution is -0.144. The fourth-order valence-electron chi connectivity index (χ4n) is 6.51. The van der Waals surface area contributed by atoms with Gasteiger partial charge in [0.2, 0.25) is 18.6 Å². The van der Waals surface area contributed by atoms with Crippen molar-refractivity contribution in [3.63, 3.8) is 0 Å². The third-order valence-electron chi connectivity index (χ3n) is 9.03. The van der Waals surface area contributed by atoms with Crippen molar-refractivity contribution in [3.8, 4) is 11.5 Å². The molecule has 3 heterocycles. The molecule has 0 bridgehead atoms. The van der Waals surface area contributed by atoms with Crippen molar-refractivity contribution in [1.29, 1.82) is 0 Å². The summed E-state index contributed by atoms with van der Waals surface area (Å²) in [6, 6.07) is 3.18. The minimum atomic E-state index is -0.930. The highest BCUT2D eigenvalue weighted by Crippen LogP contribution is 2.45. The number of likely N-dealkylation sites (tertiary alicyclic amines) is 2. The number of rotatable bonds is 14. The average molecular weight is 574 g/mol. The van der Waals surface area contributed by atoms with Crippen LogP contribution in [0.4, 0.5) is 0 Å². The first-order valence-electron chi connectivity index (χ1n) is 15.2. The van der Waals surface area contributed by atoms with Crippen LogP contribution in [0.3, 0.4) is 0 Å². The van der Waals surface area contributed by atoms with E-state index < -0.39 is 29.3 Å². The van der Waals surface area contributed by atoms with Gasteiger partial charge in [0.05, 0.1) is 19.1 Å². The maximum absolute atomic E-state index is 13.6. The van der Waals surface area contributed by atoms with E-state index in [0.717, 1.165) is 37.7 Å². The van der Waals surface area contributed by atoms with Gasteiger partial charge < -0.3 is 29.5 Å². The first kappa shape index (κ1) is 31.1. The van der Waals surface area contributed by atoms with Crippen molar-refractivity contribution < 1.29 is 34.1 Å². The summed E-state index contributed by atoms with van der Waals surface area (Å²) in [7, 11) is 0. The summed E-state index contributed by atoms with van der Waals surface area (Å²) in [4.78, 5) is 45.2. The largest absolute Gasteiger partial charge is 0.481 e. The molecule has 10 nitrogen and oxygen atoms in total. The quantitative estimate of drug-likeness (QED) is 0.347. The van der Waals surface area contributed by atoms with Gasteiger partial charge in [0.15, 0.2) is 11.5 Å². The topological polar surface area (TPSA) is 120 Å². The minimum Gasteiger partial charge on any atom is -0.481 e. The van der Waals surface area contributed by atoms with Gasteiger partial charge in [-0.2, -0.15) is 0 Å². The average Bonchev–Trinajstić information content (AvgIpc) is 3.63. The molecule has 3 atom stereocenters. The predicted molar refractivity (Wildman–Crippen MR) is 154 cm³/mol. The maximum Gasteiger partial charge on any atom is 0.308 e. The first-order chi connectivity index (χ1) is 19.6. The zero-order valence-electron chi connectivity index (χ0n) is 25.1. The summed E-state index contributed by atoms with van der Waals surface area (Å²) in [6.07, 6.45) is 5.06. The molecule has 2 saturated heterocycles. The van der Waals surface area contributed by atoms with Crippen molar-refractivity contribution in [1.82, 2.24) is 14.7 Å². The Labute approximate surface area is 243 Å². The van der Waals surface area contributed by atoms with Crippen LogP contribution in [0, 0.1) is 11.3 Å². The van der Waals surface area contributed by atoms with Crippen LogP contribution < -0.4 is 9.47 Å². The highest BCUT2D eigenvalue weighted by atomic mass is 16.7. The van der Waals surface area contributed by atoms with Crippen molar-refractivity contribution >= 4 is 17.8 Å². The van der Waals surface area contributed by atoms with Gasteiger partial charge in [-0.05, 0) is 43.4 Å². The Morgan fingerprint density at radius 2 is 1.83 bits per heavy atom. The number of ether oxygens (including phenoxy) is 2. The molecule has 2 N–H and O–H groups in total. The summed E-state index contributed by atoms with van der Waals surface area (Å²) in [6.45, 7) is 10.9. The standard InChI is InChI=1S/C31H47N3O7/c1-5-7-11-32(12-8-6-2)26(36)18-34-17-23(21-15-22(19-35)28-25(16-21)40-20-41-28)27(29(37)38)24(34)9-13-33-14-10-31(3,4)30(33)39/h15-16,23-24,27,35H,5-14,17-20H2,1-4H3,(H,37,38)/t23-,24+,27-/m1/s1. The Hall–Kier alpha value is -2.85. The van der Waals surface area contributed by atoms with E-state index in [1.807, 2.05) is 34.6 Å². The molecule has 41 heavy (non-hydrogen) atoms. The molecule has 2 fully saturated rings. The number of aliphatic hydroxyl groups excluding tert-OH is 1. The molecule has 3 aliphatic heterocycles.